The van der Waals surface area contributed by atoms with E-state index in [4.69, 9.17) is 4.74 Å². The Morgan fingerprint density at radius 2 is 1.89 bits per heavy atom. The SMILES string of the molecule is CNC(C)(CCCCN1CC(C)C(C)C1)C(=O)OC. The van der Waals surface area contributed by atoms with Gasteiger partial charge in [0.1, 0.15) is 5.54 Å². The molecular weight excluding hydrogens is 240 g/mol. The van der Waals surface area contributed by atoms with Crippen LogP contribution >= 0.6 is 0 Å². The molecule has 1 aliphatic heterocycles. The van der Waals surface area contributed by atoms with Gasteiger partial charge in [-0.3, -0.25) is 4.79 Å². The van der Waals surface area contributed by atoms with Crippen LogP contribution in [0, 0.1) is 11.8 Å². The van der Waals surface area contributed by atoms with Gasteiger partial charge in [-0.2, -0.15) is 0 Å². The van der Waals surface area contributed by atoms with Crippen molar-refractivity contribution < 1.29 is 9.53 Å². The van der Waals surface area contributed by atoms with Crippen molar-refractivity contribution in [3.8, 4) is 0 Å². The molecule has 0 aliphatic carbocycles. The number of hydrogen-bond donors (Lipinski definition) is 1. The van der Waals surface area contributed by atoms with Crippen LogP contribution in [-0.4, -0.2) is 50.2 Å². The first-order valence-corrected chi connectivity index (χ1v) is 7.42. The van der Waals surface area contributed by atoms with E-state index in [-0.39, 0.29) is 5.97 Å². The van der Waals surface area contributed by atoms with E-state index in [0.29, 0.717) is 0 Å². The van der Waals surface area contributed by atoms with Gasteiger partial charge < -0.3 is 15.0 Å². The zero-order valence-corrected chi connectivity index (χ0v) is 13.2. The third kappa shape index (κ3) is 4.46. The fourth-order valence-electron chi connectivity index (χ4n) is 2.80. The number of likely N-dealkylation sites (tertiary alicyclic amines) is 1. The van der Waals surface area contributed by atoms with Gasteiger partial charge in [0.2, 0.25) is 0 Å². The van der Waals surface area contributed by atoms with Gasteiger partial charge in [0, 0.05) is 13.1 Å². The molecule has 1 saturated heterocycles. The summed E-state index contributed by atoms with van der Waals surface area (Å²) >= 11 is 0. The lowest BCUT2D eigenvalue weighted by molar-refractivity contribution is -0.148. The molecule has 3 atom stereocenters. The molecule has 4 heteroatoms. The molecule has 1 N–H and O–H groups in total. The van der Waals surface area contributed by atoms with Gasteiger partial charge in [0.15, 0.2) is 0 Å². The first-order chi connectivity index (χ1) is 8.92. The van der Waals surface area contributed by atoms with Crippen molar-refractivity contribution in [3.05, 3.63) is 0 Å². The van der Waals surface area contributed by atoms with Crippen LogP contribution in [0.25, 0.3) is 0 Å². The summed E-state index contributed by atoms with van der Waals surface area (Å²) in [5, 5.41) is 3.08. The van der Waals surface area contributed by atoms with Crippen LogP contribution in [0.5, 0.6) is 0 Å². The second-order valence-corrected chi connectivity index (χ2v) is 6.24. The molecule has 0 saturated carbocycles. The van der Waals surface area contributed by atoms with E-state index in [1.54, 1.807) is 0 Å². The maximum atomic E-state index is 11.7. The topological polar surface area (TPSA) is 41.6 Å². The minimum Gasteiger partial charge on any atom is -0.468 e. The van der Waals surface area contributed by atoms with Crippen LogP contribution in [0.1, 0.15) is 40.0 Å². The van der Waals surface area contributed by atoms with Crippen LogP contribution < -0.4 is 5.32 Å². The Hall–Kier alpha value is -0.610. The predicted molar refractivity (Wildman–Crippen MR) is 78.1 cm³/mol. The number of unbranched alkanes of at least 4 members (excludes halogenated alkanes) is 1. The number of nitrogens with zero attached hydrogens (tertiary/aromatic N) is 1. The monoisotopic (exact) mass is 270 g/mol. The highest BCUT2D eigenvalue weighted by Gasteiger charge is 2.32. The van der Waals surface area contributed by atoms with Gasteiger partial charge >= 0.3 is 5.97 Å². The zero-order valence-electron chi connectivity index (χ0n) is 13.2. The number of ether oxygens (including phenoxy) is 1. The van der Waals surface area contributed by atoms with Gasteiger partial charge in [-0.25, -0.2) is 0 Å². The molecule has 0 aromatic rings. The molecule has 0 aromatic carbocycles. The summed E-state index contributed by atoms with van der Waals surface area (Å²) in [6.07, 6.45) is 3.02. The average Bonchev–Trinajstić information content (AvgIpc) is 2.72. The number of methoxy groups -OCH3 is 1. The van der Waals surface area contributed by atoms with Crippen LogP contribution in [0.4, 0.5) is 0 Å². The number of nitrogens with one attached hydrogen (secondary N) is 1. The van der Waals surface area contributed by atoms with E-state index in [1.807, 2.05) is 14.0 Å². The Bertz CT molecular complexity index is 286. The molecule has 0 bridgehead atoms. The Morgan fingerprint density at radius 3 is 2.37 bits per heavy atom. The number of rotatable bonds is 7. The quantitative estimate of drug-likeness (QED) is 0.567. The number of hydrogen-bond acceptors (Lipinski definition) is 4. The van der Waals surface area contributed by atoms with Crippen LogP contribution in [0.2, 0.25) is 0 Å². The lowest BCUT2D eigenvalue weighted by atomic mass is 9.95. The number of carbonyl (C=O) groups is 1. The van der Waals surface area contributed by atoms with Gasteiger partial charge in [0.25, 0.3) is 0 Å². The molecule has 1 aliphatic rings. The van der Waals surface area contributed by atoms with E-state index >= 15 is 0 Å². The normalized spacial score (nSPS) is 27.2. The van der Waals surface area contributed by atoms with E-state index in [2.05, 4.69) is 24.1 Å². The molecule has 0 amide bonds. The van der Waals surface area contributed by atoms with Crippen molar-refractivity contribution in [3.63, 3.8) is 0 Å². The van der Waals surface area contributed by atoms with Crippen LogP contribution in [-0.2, 0) is 9.53 Å². The highest BCUT2D eigenvalue weighted by Crippen LogP contribution is 2.23. The van der Waals surface area contributed by atoms with Crippen molar-refractivity contribution in [1.29, 1.82) is 0 Å². The summed E-state index contributed by atoms with van der Waals surface area (Å²) in [7, 11) is 3.27. The van der Waals surface area contributed by atoms with Gasteiger partial charge in [-0.15, -0.1) is 0 Å². The standard InChI is InChI=1S/C15H30N2O2/c1-12-10-17(11-13(12)2)9-7-6-8-15(3,16-4)14(18)19-5/h12-13,16H,6-11H2,1-5H3. The molecule has 1 fully saturated rings. The molecule has 0 spiro atoms. The third-order valence-electron chi connectivity index (χ3n) is 4.65. The molecule has 1 heterocycles. The summed E-state index contributed by atoms with van der Waals surface area (Å²) < 4.78 is 4.85. The molecule has 19 heavy (non-hydrogen) atoms. The fraction of sp³-hybridized carbons (Fsp3) is 0.933. The summed E-state index contributed by atoms with van der Waals surface area (Å²) in [4.78, 5) is 14.3. The summed E-state index contributed by atoms with van der Waals surface area (Å²) in [6, 6.07) is 0. The Balaban J connectivity index is 2.25. The lowest BCUT2D eigenvalue weighted by Gasteiger charge is -2.26. The van der Waals surface area contributed by atoms with Gasteiger partial charge in [-0.05, 0) is 51.6 Å². The number of carbonyl (C=O) groups excluding carboxylic acids is 1. The minimum absolute atomic E-state index is 0.168. The number of esters is 1. The Kier molecular flexibility index (Phi) is 6.27. The van der Waals surface area contributed by atoms with Crippen LogP contribution in [0.15, 0.2) is 0 Å². The first kappa shape index (κ1) is 16.4. The Labute approximate surface area is 117 Å². The smallest absolute Gasteiger partial charge is 0.325 e. The van der Waals surface area contributed by atoms with Crippen molar-refractivity contribution in [2.75, 3.05) is 33.8 Å². The minimum atomic E-state index is -0.541. The first-order valence-electron chi connectivity index (χ1n) is 7.42. The van der Waals surface area contributed by atoms with Gasteiger partial charge in [0.05, 0.1) is 7.11 Å². The van der Waals surface area contributed by atoms with E-state index in [9.17, 15) is 4.79 Å². The molecule has 112 valence electrons. The average molecular weight is 270 g/mol. The Morgan fingerprint density at radius 1 is 1.32 bits per heavy atom. The third-order valence-corrected chi connectivity index (χ3v) is 4.65. The molecule has 0 aromatic heterocycles. The second kappa shape index (κ2) is 7.25. The van der Waals surface area contributed by atoms with E-state index < -0.39 is 5.54 Å². The van der Waals surface area contributed by atoms with Crippen molar-refractivity contribution in [1.82, 2.24) is 10.2 Å². The zero-order chi connectivity index (χ0) is 14.5. The maximum absolute atomic E-state index is 11.7. The second-order valence-electron chi connectivity index (χ2n) is 6.24. The predicted octanol–water partition coefficient (Wildman–Crippen LogP) is 1.90. The van der Waals surface area contributed by atoms with E-state index in [0.717, 1.165) is 37.6 Å². The van der Waals surface area contributed by atoms with Crippen LogP contribution in [0.3, 0.4) is 0 Å². The molecular formula is C15H30N2O2. The molecule has 4 nitrogen and oxygen atoms in total. The maximum Gasteiger partial charge on any atom is 0.325 e. The highest BCUT2D eigenvalue weighted by molar-refractivity contribution is 5.80. The molecule has 1 rings (SSSR count). The van der Waals surface area contributed by atoms with Crippen molar-refractivity contribution >= 4 is 5.97 Å². The fourth-order valence-corrected chi connectivity index (χ4v) is 2.80. The van der Waals surface area contributed by atoms with Crippen molar-refractivity contribution in [2.45, 2.75) is 45.6 Å². The van der Waals surface area contributed by atoms with Crippen molar-refractivity contribution in [2.24, 2.45) is 11.8 Å². The summed E-state index contributed by atoms with van der Waals surface area (Å²) in [5.41, 5.74) is -0.541. The molecule has 3 unspecified atom stereocenters. The highest BCUT2D eigenvalue weighted by atomic mass is 16.5. The number of likely N-dealkylation sites (N-methyl/N-ethyl adjacent to an activating group) is 1. The lowest BCUT2D eigenvalue weighted by Crippen LogP contribution is -2.48. The summed E-state index contributed by atoms with van der Waals surface area (Å²) in [5.74, 6) is 1.47. The summed E-state index contributed by atoms with van der Waals surface area (Å²) in [6.45, 7) is 10.2. The largest absolute Gasteiger partial charge is 0.468 e. The van der Waals surface area contributed by atoms with Gasteiger partial charge in [-0.1, -0.05) is 13.8 Å². The molecule has 0 radical (unpaired) electrons. The van der Waals surface area contributed by atoms with E-state index in [1.165, 1.54) is 20.2 Å².